The zero-order chi connectivity index (χ0) is 16.2. The normalized spacial score (nSPS) is 26.3. The van der Waals surface area contributed by atoms with Gasteiger partial charge in [-0.05, 0) is 43.2 Å². The first-order valence-electron chi connectivity index (χ1n) is 9.30. The van der Waals surface area contributed by atoms with Gasteiger partial charge in [-0.3, -0.25) is 4.90 Å². The lowest BCUT2D eigenvalue weighted by atomic mass is 9.84. The number of ether oxygens (including phenoxy) is 1. The maximum Gasteiger partial charge on any atom is 0.0708 e. The van der Waals surface area contributed by atoms with Gasteiger partial charge in [-0.2, -0.15) is 0 Å². The molecule has 0 spiro atoms. The van der Waals surface area contributed by atoms with Gasteiger partial charge in [0.15, 0.2) is 0 Å². The minimum atomic E-state index is 0.354. The first-order valence-corrected chi connectivity index (χ1v) is 9.30. The summed E-state index contributed by atoms with van der Waals surface area (Å²) in [5.41, 5.74) is 0.734. The van der Waals surface area contributed by atoms with Gasteiger partial charge in [0, 0.05) is 26.2 Å². The molecule has 0 aromatic carbocycles. The van der Waals surface area contributed by atoms with Crippen LogP contribution in [0.5, 0.6) is 0 Å². The SMILES string of the molecule is CC(C)(C)CN1CCOC(CC(C)(C)CN2CCCCC2)C1. The summed E-state index contributed by atoms with van der Waals surface area (Å²) in [6.45, 7) is 20.0. The van der Waals surface area contributed by atoms with Gasteiger partial charge < -0.3 is 9.64 Å². The van der Waals surface area contributed by atoms with E-state index in [4.69, 9.17) is 4.74 Å². The monoisotopic (exact) mass is 310 g/mol. The van der Waals surface area contributed by atoms with E-state index in [1.165, 1.54) is 51.9 Å². The molecule has 3 heteroatoms. The molecule has 130 valence electrons. The summed E-state index contributed by atoms with van der Waals surface area (Å²) in [5.74, 6) is 0. The van der Waals surface area contributed by atoms with Crippen molar-refractivity contribution in [2.24, 2.45) is 10.8 Å². The molecule has 0 aromatic rings. The largest absolute Gasteiger partial charge is 0.376 e. The van der Waals surface area contributed by atoms with Crippen LogP contribution >= 0.6 is 0 Å². The van der Waals surface area contributed by atoms with Gasteiger partial charge in [0.05, 0.1) is 12.7 Å². The van der Waals surface area contributed by atoms with Crippen LogP contribution in [0.25, 0.3) is 0 Å². The average molecular weight is 311 g/mol. The van der Waals surface area contributed by atoms with Crippen LogP contribution in [0.3, 0.4) is 0 Å². The molecule has 0 radical (unpaired) electrons. The molecule has 1 unspecified atom stereocenters. The third-order valence-electron chi connectivity index (χ3n) is 4.80. The first-order chi connectivity index (χ1) is 10.2. The van der Waals surface area contributed by atoms with Gasteiger partial charge in [0.25, 0.3) is 0 Å². The molecule has 0 N–H and O–H groups in total. The minimum Gasteiger partial charge on any atom is -0.376 e. The van der Waals surface area contributed by atoms with Crippen molar-refractivity contribution in [3.8, 4) is 0 Å². The number of hydrogen-bond donors (Lipinski definition) is 0. The van der Waals surface area contributed by atoms with Gasteiger partial charge in [-0.15, -0.1) is 0 Å². The van der Waals surface area contributed by atoms with Crippen molar-refractivity contribution in [3.05, 3.63) is 0 Å². The fourth-order valence-corrected chi connectivity index (χ4v) is 4.12. The lowest BCUT2D eigenvalue weighted by Crippen LogP contribution is -2.48. The van der Waals surface area contributed by atoms with Crippen molar-refractivity contribution in [2.45, 2.75) is 66.4 Å². The second-order valence-corrected chi connectivity index (χ2v) is 9.49. The number of hydrogen-bond acceptors (Lipinski definition) is 3. The predicted octanol–water partition coefficient (Wildman–Crippen LogP) is 3.64. The van der Waals surface area contributed by atoms with Crippen LogP contribution in [0.1, 0.15) is 60.3 Å². The Morgan fingerprint density at radius 1 is 0.864 bits per heavy atom. The van der Waals surface area contributed by atoms with E-state index in [9.17, 15) is 0 Å². The molecule has 2 saturated heterocycles. The van der Waals surface area contributed by atoms with Crippen LogP contribution in [0.15, 0.2) is 0 Å². The fourth-order valence-electron chi connectivity index (χ4n) is 4.12. The van der Waals surface area contributed by atoms with Crippen molar-refractivity contribution in [2.75, 3.05) is 45.9 Å². The lowest BCUT2D eigenvalue weighted by molar-refractivity contribution is -0.0579. The molecule has 3 nitrogen and oxygen atoms in total. The van der Waals surface area contributed by atoms with Crippen molar-refractivity contribution in [1.82, 2.24) is 9.80 Å². The Morgan fingerprint density at radius 2 is 1.55 bits per heavy atom. The van der Waals surface area contributed by atoms with E-state index in [1.807, 2.05) is 0 Å². The molecular weight excluding hydrogens is 272 g/mol. The summed E-state index contributed by atoms with van der Waals surface area (Å²) in [7, 11) is 0. The van der Waals surface area contributed by atoms with Crippen LogP contribution in [-0.2, 0) is 4.74 Å². The Labute approximate surface area is 138 Å². The Balaban J connectivity index is 1.80. The smallest absolute Gasteiger partial charge is 0.0708 e. The van der Waals surface area contributed by atoms with E-state index in [1.54, 1.807) is 0 Å². The van der Waals surface area contributed by atoms with Crippen molar-refractivity contribution >= 4 is 0 Å². The van der Waals surface area contributed by atoms with Crippen LogP contribution in [-0.4, -0.2) is 61.8 Å². The predicted molar refractivity (Wildman–Crippen MR) is 94.3 cm³/mol. The quantitative estimate of drug-likeness (QED) is 0.771. The summed E-state index contributed by atoms with van der Waals surface area (Å²) >= 11 is 0. The molecule has 0 aromatic heterocycles. The lowest BCUT2D eigenvalue weighted by Gasteiger charge is -2.41. The molecule has 0 aliphatic carbocycles. The zero-order valence-corrected chi connectivity index (χ0v) is 15.7. The fraction of sp³-hybridized carbons (Fsp3) is 1.00. The Kier molecular flexibility index (Phi) is 6.32. The van der Waals surface area contributed by atoms with Gasteiger partial charge in [-0.1, -0.05) is 41.0 Å². The van der Waals surface area contributed by atoms with Crippen LogP contribution < -0.4 is 0 Å². The number of morpholine rings is 1. The van der Waals surface area contributed by atoms with E-state index >= 15 is 0 Å². The Morgan fingerprint density at radius 3 is 2.18 bits per heavy atom. The van der Waals surface area contributed by atoms with E-state index in [0.717, 1.165) is 19.7 Å². The van der Waals surface area contributed by atoms with Gasteiger partial charge in [0.1, 0.15) is 0 Å². The molecule has 2 fully saturated rings. The van der Waals surface area contributed by atoms with E-state index in [-0.39, 0.29) is 0 Å². The topological polar surface area (TPSA) is 15.7 Å². The second-order valence-electron chi connectivity index (χ2n) is 9.49. The van der Waals surface area contributed by atoms with Gasteiger partial charge in [-0.25, -0.2) is 0 Å². The molecule has 2 aliphatic rings. The Hall–Kier alpha value is -0.120. The maximum atomic E-state index is 6.09. The van der Waals surface area contributed by atoms with Crippen molar-refractivity contribution in [1.29, 1.82) is 0 Å². The highest BCUT2D eigenvalue weighted by molar-refractivity contribution is 4.83. The highest BCUT2D eigenvalue weighted by atomic mass is 16.5. The minimum absolute atomic E-state index is 0.354. The molecule has 2 heterocycles. The molecule has 2 aliphatic heterocycles. The van der Waals surface area contributed by atoms with E-state index in [2.05, 4.69) is 44.4 Å². The highest BCUT2D eigenvalue weighted by Gasteiger charge is 2.31. The molecule has 22 heavy (non-hydrogen) atoms. The molecule has 2 rings (SSSR count). The molecule has 0 bridgehead atoms. The summed E-state index contributed by atoms with van der Waals surface area (Å²) in [6, 6.07) is 0. The number of piperidine rings is 1. The second kappa shape index (κ2) is 7.63. The number of nitrogens with zero attached hydrogens (tertiary/aromatic N) is 2. The van der Waals surface area contributed by atoms with E-state index in [0.29, 0.717) is 16.9 Å². The molecule has 1 atom stereocenters. The molecule has 0 saturated carbocycles. The summed E-state index contributed by atoms with van der Waals surface area (Å²) < 4.78 is 6.09. The third kappa shape index (κ3) is 6.55. The zero-order valence-electron chi connectivity index (χ0n) is 15.7. The molecule has 0 amide bonds. The summed E-state index contributed by atoms with van der Waals surface area (Å²) in [4.78, 5) is 5.27. The summed E-state index contributed by atoms with van der Waals surface area (Å²) in [6.07, 6.45) is 5.79. The summed E-state index contributed by atoms with van der Waals surface area (Å²) in [5, 5.41) is 0. The van der Waals surface area contributed by atoms with Crippen LogP contribution in [0.2, 0.25) is 0 Å². The highest BCUT2D eigenvalue weighted by Crippen LogP contribution is 2.28. The van der Waals surface area contributed by atoms with Crippen LogP contribution in [0, 0.1) is 10.8 Å². The first kappa shape index (κ1) is 18.2. The third-order valence-corrected chi connectivity index (χ3v) is 4.80. The van der Waals surface area contributed by atoms with E-state index < -0.39 is 0 Å². The van der Waals surface area contributed by atoms with Gasteiger partial charge >= 0.3 is 0 Å². The number of rotatable bonds is 5. The maximum absolute atomic E-state index is 6.09. The van der Waals surface area contributed by atoms with Crippen molar-refractivity contribution in [3.63, 3.8) is 0 Å². The van der Waals surface area contributed by atoms with Crippen molar-refractivity contribution < 1.29 is 4.74 Å². The Bertz CT molecular complexity index is 329. The van der Waals surface area contributed by atoms with Gasteiger partial charge in [0.2, 0.25) is 0 Å². The standard InChI is InChI=1S/C19H38N2O/c1-18(2,3)15-21-11-12-22-17(14-21)13-19(4,5)16-20-9-7-6-8-10-20/h17H,6-16H2,1-5H3. The van der Waals surface area contributed by atoms with Crippen LogP contribution in [0.4, 0.5) is 0 Å². The molecular formula is C19H38N2O. The number of likely N-dealkylation sites (tertiary alicyclic amines) is 1. The average Bonchev–Trinajstić information content (AvgIpc) is 2.36.